The second kappa shape index (κ2) is 13.3. The zero-order chi connectivity index (χ0) is 30.5. The standard InChI is InChI=1S/C31H31N3O9.2ClH/c1-15-9-16(32)10-22(42-15)43-21-12-31(40,14-41-30(39)34-17-5-4-8-33-13-17)11-20-23(21)29(38)25-24(28(20)37)26(35)18-6-2-3-7-19(18)27(25)36;;/h2-8,13,15-16,21-22,37-38,40H,9-12,14,32H2,1H3,(H,34,39);2*1H/t15-,16+,21-,22-,31-;;/m0../s1. The lowest BCUT2D eigenvalue weighted by molar-refractivity contribution is -0.227. The van der Waals surface area contributed by atoms with Gasteiger partial charge in [-0.15, -0.1) is 24.8 Å². The molecule has 2 heterocycles. The van der Waals surface area contributed by atoms with Gasteiger partial charge in [0.05, 0.1) is 35.2 Å². The van der Waals surface area contributed by atoms with Crippen molar-refractivity contribution in [2.45, 2.75) is 62.7 Å². The van der Waals surface area contributed by atoms with Crippen LogP contribution in [0.4, 0.5) is 10.5 Å². The molecule has 45 heavy (non-hydrogen) atoms. The summed E-state index contributed by atoms with van der Waals surface area (Å²) in [6, 6.07) is 9.16. The van der Waals surface area contributed by atoms with Crippen LogP contribution in [0.3, 0.4) is 0 Å². The van der Waals surface area contributed by atoms with Gasteiger partial charge in [-0.05, 0) is 25.5 Å². The van der Waals surface area contributed by atoms with Crippen LogP contribution in [0.5, 0.6) is 11.5 Å². The van der Waals surface area contributed by atoms with E-state index in [2.05, 4.69) is 10.3 Å². The molecule has 2 aliphatic carbocycles. The van der Waals surface area contributed by atoms with Crippen LogP contribution in [-0.2, 0) is 20.6 Å². The number of nitrogens with zero attached hydrogens (tertiary/aromatic N) is 1. The number of aromatic hydroxyl groups is 2. The highest BCUT2D eigenvalue weighted by Crippen LogP contribution is 2.51. The fraction of sp³-hybridized carbons (Fsp3) is 0.355. The second-order valence-electron chi connectivity index (χ2n) is 11.3. The molecule has 12 nitrogen and oxygen atoms in total. The Labute approximate surface area is 270 Å². The summed E-state index contributed by atoms with van der Waals surface area (Å²) < 4.78 is 17.5. The smallest absolute Gasteiger partial charge is 0.411 e. The first kappa shape index (κ1) is 34.1. The number of carbonyl (C=O) groups excluding carboxylic acids is 3. The molecule has 3 aromatic rings. The summed E-state index contributed by atoms with van der Waals surface area (Å²) in [7, 11) is 0. The van der Waals surface area contributed by atoms with E-state index in [4.69, 9.17) is 19.9 Å². The van der Waals surface area contributed by atoms with Gasteiger partial charge in [-0.2, -0.15) is 0 Å². The number of phenols is 2. The summed E-state index contributed by atoms with van der Waals surface area (Å²) in [6.07, 6.45) is 0.343. The Morgan fingerprint density at radius 2 is 1.73 bits per heavy atom. The van der Waals surface area contributed by atoms with Crippen molar-refractivity contribution in [1.82, 2.24) is 4.98 Å². The summed E-state index contributed by atoms with van der Waals surface area (Å²) in [5.74, 6) is -2.35. The number of pyridine rings is 1. The van der Waals surface area contributed by atoms with Gasteiger partial charge in [-0.3, -0.25) is 19.9 Å². The molecule has 1 aliphatic heterocycles. The lowest BCUT2D eigenvalue weighted by Crippen LogP contribution is -2.46. The summed E-state index contributed by atoms with van der Waals surface area (Å²) in [5.41, 5.74) is 4.31. The molecule has 1 fully saturated rings. The number of phenolic OH excluding ortho intramolecular Hbond substituents is 2. The van der Waals surface area contributed by atoms with Gasteiger partial charge < -0.3 is 35.3 Å². The zero-order valence-electron chi connectivity index (χ0n) is 24.1. The Morgan fingerprint density at radius 3 is 2.36 bits per heavy atom. The molecular weight excluding hydrogens is 629 g/mol. The molecule has 1 amide bonds. The number of fused-ring (bicyclic) bond motifs is 3. The fourth-order valence-electron chi connectivity index (χ4n) is 6.19. The zero-order valence-corrected chi connectivity index (χ0v) is 25.7. The highest BCUT2D eigenvalue weighted by molar-refractivity contribution is 6.30. The first-order valence-electron chi connectivity index (χ1n) is 14.0. The Hall–Kier alpha value is -3.78. The van der Waals surface area contributed by atoms with Crippen molar-refractivity contribution < 1.29 is 43.9 Å². The van der Waals surface area contributed by atoms with E-state index in [1.807, 2.05) is 6.92 Å². The monoisotopic (exact) mass is 661 g/mol. The molecule has 0 spiro atoms. The molecule has 6 N–H and O–H groups in total. The molecule has 0 bridgehead atoms. The average Bonchev–Trinajstić information content (AvgIpc) is 2.96. The Morgan fingerprint density at radius 1 is 1.07 bits per heavy atom. The van der Waals surface area contributed by atoms with E-state index < -0.39 is 53.8 Å². The maximum absolute atomic E-state index is 13.5. The largest absolute Gasteiger partial charge is 0.507 e. The number of rotatable bonds is 5. The molecule has 0 unspecified atom stereocenters. The number of aliphatic hydroxyl groups is 1. The Balaban J connectivity index is 0.00000230. The van der Waals surface area contributed by atoms with Gasteiger partial charge in [0.15, 0.2) is 17.9 Å². The number of amides is 1. The minimum Gasteiger partial charge on any atom is -0.507 e. The number of hydrogen-bond donors (Lipinski definition) is 5. The van der Waals surface area contributed by atoms with Gasteiger partial charge >= 0.3 is 6.09 Å². The van der Waals surface area contributed by atoms with Crippen molar-refractivity contribution >= 4 is 48.2 Å². The number of carbonyl (C=O) groups is 3. The number of halogens is 2. The van der Waals surface area contributed by atoms with E-state index in [-0.39, 0.29) is 83.2 Å². The maximum atomic E-state index is 13.5. The quantitative estimate of drug-likeness (QED) is 0.195. The van der Waals surface area contributed by atoms with Gasteiger partial charge in [0.25, 0.3) is 0 Å². The highest BCUT2D eigenvalue weighted by Gasteiger charge is 2.47. The van der Waals surface area contributed by atoms with Crippen LogP contribution in [0.15, 0.2) is 48.8 Å². The average molecular weight is 663 g/mol. The van der Waals surface area contributed by atoms with Gasteiger partial charge in [0.1, 0.15) is 23.7 Å². The molecule has 0 radical (unpaired) electrons. The van der Waals surface area contributed by atoms with E-state index in [1.54, 1.807) is 30.5 Å². The van der Waals surface area contributed by atoms with Crippen LogP contribution in [-0.4, -0.2) is 68.6 Å². The molecule has 1 aromatic heterocycles. The number of ketones is 2. The molecule has 2 aromatic carbocycles. The molecule has 6 rings (SSSR count). The van der Waals surface area contributed by atoms with Crippen molar-refractivity contribution in [2.75, 3.05) is 11.9 Å². The molecule has 5 atom stereocenters. The highest BCUT2D eigenvalue weighted by atomic mass is 35.5. The number of nitrogens with two attached hydrogens (primary N) is 1. The molecule has 1 saturated heterocycles. The Kier molecular flexibility index (Phi) is 10.1. The Bertz CT molecular complexity index is 1610. The maximum Gasteiger partial charge on any atom is 0.411 e. The van der Waals surface area contributed by atoms with Crippen LogP contribution < -0.4 is 11.1 Å². The second-order valence-corrected chi connectivity index (χ2v) is 11.3. The van der Waals surface area contributed by atoms with Crippen LogP contribution in [0.25, 0.3) is 0 Å². The molecule has 240 valence electrons. The fourth-order valence-corrected chi connectivity index (χ4v) is 6.19. The number of anilines is 1. The van der Waals surface area contributed by atoms with Crippen molar-refractivity contribution in [3.63, 3.8) is 0 Å². The predicted molar refractivity (Wildman–Crippen MR) is 165 cm³/mol. The van der Waals surface area contributed by atoms with E-state index in [9.17, 15) is 29.7 Å². The van der Waals surface area contributed by atoms with Crippen LogP contribution in [0.1, 0.15) is 75.3 Å². The van der Waals surface area contributed by atoms with E-state index in [0.29, 0.717) is 18.5 Å². The lowest BCUT2D eigenvalue weighted by Gasteiger charge is -2.41. The van der Waals surface area contributed by atoms with Crippen LogP contribution >= 0.6 is 24.8 Å². The molecule has 3 aliphatic rings. The van der Waals surface area contributed by atoms with Crippen LogP contribution in [0.2, 0.25) is 0 Å². The minimum atomic E-state index is -1.80. The van der Waals surface area contributed by atoms with Gasteiger partial charge in [-0.1, -0.05) is 24.3 Å². The predicted octanol–water partition coefficient (Wildman–Crippen LogP) is 3.95. The topological polar surface area (TPSA) is 191 Å². The third kappa shape index (κ3) is 6.48. The SMILES string of the molecule is C[C@H]1C[C@@H](N)C[C@H](O[C@H]2C[C@](O)(COC(=O)Nc3cccnc3)Cc3c(O)c4c(c(O)c32)C(=O)c2ccccc2C4=O)O1.Cl.Cl. The summed E-state index contributed by atoms with van der Waals surface area (Å²) in [4.78, 5) is 43.5. The van der Waals surface area contributed by atoms with Crippen molar-refractivity contribution in [1.29, 1.82) is 0 Å². The number of hydrogen-bond acceptors (Lipinski definition) is 11. The molecule has 14 heteroatoms. The summed E-state index contributed by atoms with van der Waals surface area (Å²) in [6.45, 7) is 1.32. The third-order valence-corrected chi connectivity index (χ3v) is 8.06. The number of aromatic nitrogens is 1. The number of nitrogens with one attached hydrogen (secondary N) is 1. The van der Waals surface area contributed by atoms with Crippen molar-refractivity contribution in [3.05, 3.63) is 82.2 Å². The third-order valence-electron chi connectivity index (χ3n) is 8.06. The summed E-state index contributed by atoms with van der Waals surface area (Å²) >= 11 is 0. The van der Waals surface area contributed by atoms with Gasteiger partial charge in [0.2, 0.25) is 0 Å². The van der Waals surface area contributed by atoms with Crippen molar-refractivity contribution in [3.8, 4) is 11.5 Å². The van der Waals surface area contributed by atoms with Gasteiger partial charge in [-0.25, -0.2) is 4.79 Å². The first-order valence-corrected chi connectivity index (χ1v) is 14.0. The molecular formula is C31H33Cl2N3O9. The van der Waals surface area contributed by atoms with Gasteiger partial charge in [0, 0.05) is 53.8 Å². The minimum absolute atomic E-state index is 0. The van der Waals surface area contributed by atoms with Crippen molar-refractivity contribution in [2.24, 2.45) is 5.73 Å². The van der Waals surface area contributed by atoms with Crippen LogP contribution in [0, 0.1) is 0 Å². The normalized spacial score (nSPS) is 25.0. The van der Waals surface area contributed by atoms with E-state index in [0.717, 1.165) is 0 Å². The number of benzene rings is 2. The molecule has 0 saturated carbocycles. The first-order chi connectivity index (χ1) is 20.5. The number of ether oxygens (including phenoxy) is 3. The van der Waals surface area contributed by atoms with E-state index in [1.165, 1.54) is 18.3 Å². The lowest BCUT2D eigenvalue weighted by atomic mass is 9.73. The van der Waals surface area contributed by atoms with E-state index >= 15 is 0 Å². The summed E-state index contributed by atoms with van der Waals surface area (Å²) in [5, 5.41) is 37.3.